The first-order valence-corrected chi connectivity index (χ1v) is 10.1. The number of aliphatic hydroxyl groups is 1. The van der Waals surface area contributed by atoms with Crippen molar-refractivity contribution >= 4 is 11.8 Å². The highest BCUT2D eigenvalue weighted by Gasteiger charge is 2.58. The highest BCUT2D eigenvalue weighted by Crippen LogP contribution is 2.40. The summed E-state index contributed by atoms with van der Waals surface area (Å²) in [4.78, 5) is 32.3. The van der Waals surface area contributed by atoms with Crippen LogP contribution in [0.1, 0.15) is 28.2 Å². The molecular weight excluding hydrogens is 427 g/mol. The second-order valence-corrected chi connectivity index (χ2v) is 7.97. The maximum absolute atomic E-state index is 13.5. The predicted octanol–water partition coefficient (Wildman–Crippen LogP) is 1.26. The molecule has 2 heterocycles. The predicted molar refractivity (Wildman–Crippen MR) is 109 cm³/mol. The third-order valence-corrected chi connectivity index (χ3v) is 5.56. The van der Waals surface area contributed by atoms with Gasteiger partial charge in [-0.3, -0.25) is 9.59 Å². The average molecular weight is 453 g/mol. The largest absolute Gasteiger partial charge is 0.425 e. The van der Waals surface area contributed by atoms with Gasteiger partial charge in [-0.2, -0.15) is 13.2 Å². The van der Waals surface area contributed by atoms with E-state index >= 15 is 0 Å². The summed E-state index contributed by atoms with van der Waals surface area (Å²) in [6, 6.07) is 6.53. The summed E-state index contributed by atoms with van der Waals surface area (Å²) >= 11 is 0. The highest BCUT2D eigenvalue weighted by atomic mass is 19.4. The number of carbonyl (C=O) groups excluding carboxylic acids is 2. The van der Waals surface area contributed by atoms with E-state index in [1.807, 2.05) is 7.05 Å². The maximum atomic E-state index is 13.5. The molecule has 32 heavy (non-hydrogen) atoms. The number of aromatic nitrogens is 2. The first kappa shape index (κ1) is 23.7. The van der Waals surface area contributed by atoms with E-state index in [9.17, 15) is 27.9 Å². The van der Waals surface area contributed by atoms with Gasteiger partial charge in [-0.1, -0.05) is 12.1 Å². The van der Waals surface area contributed by atoms with E-state index < -0.39 is 29.9 Å². The zero-order chi connectivity index (χ0) is 23.5. The van der Waals surface area contributed by atoms with E-state index in [0.717, 1.165) is 23.9 Å². The SMILES string of the molecule is CN1CCN(C(=O)c2ccc(CNC(=O)CC(O)(c3nccn3C)C(F)(F)F)cc2)CC1. The first-order chi connectivity index (χ1) is 15.0. The zero-order valence-electron chi connectivity index (χ0n) is 17.9. The number of nitrogens with zero attached hydrogens (tertiary/aromatic N) is 4. The maximum Gasteiger partial charge on any atom is 0.425 e. The summed E-state index contributed by atoms with van der Waals surface area (Å²) in [6.07, 6.45) is -3.93. The monoisotopic (exact) mass is 453 g/mol. The molecule has 11 heteroatoms. The Balaban J connectivity index is 1.59. The fraction of sp³-hybridized carbons (Fsp3) is 0.476. The molecule has 1 unspecified atom stereocenters. The second-order valence-electron chi connectivity index (χ2n) is 7.97. The molecule has 1 aliphatic rings. The number of likely N-dealkylation sites (N-methyl/N-ethyl adjacent to an activating group) is 1. The van der Waals surface area contributed by atoms with E-state index in [4.69, 9.17) is 0 Å². The number of imidazole rings is 1. The molecule has 1 aliphatic heterocycles. The van der Waals surface area contributed by atoms with Crippen molar-refractivity contribution in [2.75, 3.05) is 33.2 Å². The van der Waals surface area contributed by atoms with E-state index in [0.29, 0.717) is 24.2 Å². The molecule has 1 saturated heterocycles. The van der Waals surface area contributed by atoms with Crippen LogP contribution in [0.2, 0.25) is 0 Å². The molecule has 0 aliphatic carbocycles. The van der Waals surface area contributed by atoms with Crippen molar-refractivity contribution in [1.29, 1.82) is 0 Å². The molecule has 1 fully saturated rings. The summed E-state index contributed by atoms with van der Waals surface area (Å²) in [5.41, 5.74) is -2.29. The standard InChI is InChI=1S/C21H26F3N5O3/c1-27-9-11-29(12-10-27)18(31)16-5-3-15(4-6-16)14-26-17(30)13-20(32,21(22,23)24)19-25-7-8-28(19)2/h3-8,32H,9-14H2,1-2H3,(H,26,30). The van der Waals surface area contributed by atoms with Gasteiger partial charge < -0.3 is 24.8 Å². The van der Waals surface area contributed by atoms with Crippen LogP contribution in [0.25, 0.3) is 0 Å². The Morgan fingerprint density at radius 2 is 1.72 bits per heavy atom. The number of alkyl halides is 3. The Kier molecular flexibility index (Phi) is 6.89. The van der Waals surface area contributed by atoms with E-state index in [-0.39, 0.29) is 12.5 Å². The third-order valence-electron chi connectivity index (χ3n) is 5.56. The molecule has 1 aromatic carbocycles. The summed E-state index contributed by atoms with van der Waals surface area (Å²) in [7, 11) is 3.30. The molecule has 8 nitrogen and oxygen atoms in total. The van der Waals surface area contributed by atoms with Crippen LogP contribution in [0.15, 0.2) is 36.7 Å². The second kappa shape index (κ2) is 9.29. The molecular formula is C21H26F3N5O3. The zero-order valence-corrected chi connectivity index (χ0v) is 17.9. The van der Waals surface area contributed by atoms with Crippen molar-refractivity contribution < 1.29 is 27.9 Å². The van der Waals surface area contributed by atoms with Gasteiger partial charge in [-0.15, -0.1) is 0 Å². The normalized spacial score (nSPS) is 17.1. The van der Waals surface area contributed by atoms with Crippen LogP contribution in [-0.4, -0.2) is 75.7 Å². The molecule has 2 N–H and O–H groups in total. The lowest BCUT2D eigenvalue weighted by atomic mass is 9.97. The Labute approximate surface area is 183 Å². The van der Waals surface area contributed by atoms with Gasteiger partial charge in [0.25, 0.3) is 5.91 Å². The van der Waals surface area contributed by atoms with Crippen LogP contribution in [0.3, 0.4) is 0 Å². The minimum absolute atomic E-state index is 0.0453. The smallest absolute Gasteiger partial charge is 0.374 e. The van der Waals surface area contributed by atoms with Crippen LogP contribution < -0.4 is 5.32 Å². The van der Waals surface area contributed by atoms with Crippen molar-refractivity contribution in [3.63, 3.8) is 0 Å². The van der Waals surface area contributed by atoms with Gasteiger partial charge >= 0.3 is 6.18 Å². The third kappa shape index (κ3) is 5.10. The molecule has 0 radical (unpaired) electrons. The summed E-state index contributed by atoms with van der Waals surface area (Å²) in [5.74, 6) is -1.73. The molecule has 1 aromatic heterocycles. The molecule has 3 rings (SSSR count). The Morgan fingerprint density at radius 1 is 1.09 bits per heavy atom. The van der Waals surface area contributed by atoms with Crippen LogP contribution in [-0.2, 0) is 24.0 Å². The van der Waals surface area contributed by atoms with Gasteiger partial charge in [0.15, 0.2) is 5.82 Å². The number of hydrogen-bond acceptors (Lipinski definition) is 5. The lowest BCUT2D eigenvalue weighted by Gasteiger charge is -2.32. The summed E-state index contributed by atoms with van der Waals surface area (Å²) < 4.78 is 41.7. The van der Waals surface area contributed by atoms with Crippen molar-refractivity contribution in [3.8, 4) is 0 Å². The van der Waals surface area contributed by atoms with E-state index in [1.165, 1.54) is 13.2 Å². The number of benzene rings is 1. The molecule has 2 aromatic rings. The van der Waals surface area contributed by atoms with Crippen LogP contribution in [0, 0.1) is 0 Å². The van der Waals surface area contributed by atoms with Crippen LogP contribution >= 0.6 is 0 Å². The van der Waals surface area contributed by atoms with Crippen LogP contribution in [0.5, 0.6) is 0 Å². The number of carbonyl (C=O) groups is 2. The van der Waals surface area contributed by atoms with Gasteiger partial charge in [0.2, 0.25) is 11.5 Å². The number of amides is 2. The van der Waals surface area contributed by atoms with Gasteiger partial charge in [0.1, 0.15) is 0 Å². The molecule has 174 valence electrons. The quantitative estimate of drug-likeness (QED) is 0.688. The summed E-state index contributed by atoms with van der Waals surface area (Å²) in [6.45, 7) is 2.85. The number of hydrogen-bond donors (Lipinski definition) is 2. The number of rotatable bonds is 6. The average Bonchev–Trinajstić information content (AvgIpc) is 3.18. The van der Waals surface area contributed by atoms with E-state index in [2.05, 4.69) is 15.2 Å². The van der Waals surface area contributed by atoms with Crippen molar-refractivity contribution in [2.24, 2.45) is 7.05 Å². The number of nitrogens with one attached hydrogen (secondary N) is 1. The highest BCUT2D eigenvalue weighted by molar-refractivity contribution is 5.94. The number of piperazine rings is 1. The molecule has 0 saturated carbocycles. The fourth-order valence-electron chi connectivity index (χ4n) is 3.52. The molecule has 0 spiro atoms. The molecule has 2 amide bonds. The Hall–Kier alpha value is -2.92. The first-order valence-electron chi connectivity index (χ1n) is 10.1. The minimum atomic E-state index is -5.09. The summed E-state index contributed by atoms with van der Waals surface area (Å²) in [5, 5.41) is 12.7. The topological polar surface area (TPSA) is 90.7 Å². The van der Waals surface area contributed by atoms with Crippen molar-refractivity contribution in [3.05, 3.63) is 53.6 Å². The van der Waals surface area contributed by atoms with Crippen molar-refractivity contribution in [2.45, 2.75) is 24.7 Å². The molecule has 1 atom stereocenters. The number of halogens is 3. The van der Waals surface area contributed by atoms with Crippen LogP contribution in [0.4, 0.5) is 13.2 Å². The van der Waals surface area contributed by atoms with Gasteiger partial charge in [0, 0.05) is 57.7 Å². The Bertz CT molecular complexity index is 952. The van der Waals surface area contributed by atoms with E-state index in [1.54, 1.807) is 29.2 Å². The lowest BCUT2D eigenvalue weighted by Crippen LogP contribution is -2.47. The minimum Gasteiger partial charge on any atom is -0.374 e. The van der Waals surface area contributed by atoms with Crippen molar-refractivity contribution in [1.82, 2.24) is 24.7 Å². The molecule has 0 bridgehead atoms. The number of aryl methyl sites for hydroxylation is 1. The Morgan fingerprint density at radius 3 is 2.25 bits per heavy atom. The van der Waals surface area contributed by atoms with Gasteiger partial charge in [-0.25, -0.2) is 4.98 Å². The van der Waals surface area contributed by atoms with Gasteiger partial charge in [0.05, 0.1) is 6.42 Å². The lowest BCUT2D eigenvalue weighted by molar-refractivity contribution is -0.271. The fourth-order valence-corrected chi connectivity index (χ4v) is 3.52. The van der Waals surface area contributed by atoms with Gasteiger partial charge in [-0.05, 0) is 24.7 Å².